The Morgan fingerprint density at radius 1 is 1.35 bits per heavy atom. The van der Waals surface area contributed by atoms with Gasteiger partial charge in [-0.25, -0.2) is 4.79 Å². The van der Waals surface area contributed by atoms with Gasteiger partial charge in [0.05, 0.1) is 6.42 Å². The van der Waals surface area contributed by atoms with Crippen molar-refractivity contribution in [2.45, 2.75) is 25.8 Å². The van der Waals surface area contributed by atoms with Crippen molar-refractivity contribution in [3.8, 4) is 0 Å². The molecule has 5 nitrogen and oxygen atoms in total. The molecule has 6 heteroatoms. The molecule has 0 aromatic heterocycles. The highest BCUT2D eigenvalue weighted by molar-refractivity contribution is 8.13. The van der Waals surface area contributed by atoms with Crippen molar-refractivity contribution in [1.29, 1.82) is 0 Å². The van der Waals surface area contributed by atoms with Crippen LogP contribution in [0.1, 0.15) is 18.9 Å². The number of benzene rings is 1. The number of para-hydroxylation sites is 1. The van der Waals surface area contributed by atoms with Gasteiger partial charge in [-0.15, -0.1) is 0 Å². The standard InChI is InChI=1S/C14H15NO4S/c1-9(16)20-7-6-13(17)19-14(18)12-8-10-4-2-3-5-11(10)15-12/h2-5,12,15H,6-8H2,1H3. The van der Waals surface area contributed by atoms with Gasteiger partial charge in [0.25, 0.3) is 0 Å². The number of fused-ring (bicyclic) bond motifs is 1. The maximum Gasteiger partial charge on any atom is 0.336 e. The van der Waals surface area contributed by atoms with Crippen LogP contribution in [0.15, 0.2) is 24.3 Å². The lowest BCUT2D eigenvalue weighted by Gasteiger charge is -2.09. The van der Waals surface area contributed by atoms with Crippen molar-refractivity contribution in [2.24, 2.45) is 0 Å². The number of carbonyl (C=O) groups is 3. The van der Waals surface area contributed by atoms with Gasteiger partial charge in [-0.3, -0.25) is 9.59 Å². The van der Waals surface area contributed by atoms with E-state index in [0.29, 0.717) is 12.2 Å². The Bertz CT molecular complexity index is 519. The van der Waals surface area contributed by atoms with Crippen LogP contribution < -0.4 is 5.32 Å². The average Bonchev–Trinajstić information content (AvgIpc) is 2.82. The fourth-order valence-electron chi connectivity index (χ4n) is 1.95. The number of esters is 2. The first-order valence-corrected chi connectivity index (χ1v) is 7.27. The van der Waals surface area contributed by atoms with Crippen LogP contribution >= 0.6 is 11.8 Å². The number of hydrogen-bond acceptors (Lipinski definition) is 6. The maximum atomic E-state index is 11.8. The zero-order valence-electron chi connectivity index (χ0n) is 11.0. The number of carbonyl (C=O) groups excluding carboxylic acids is 3. The topological polar surface area (TPSA) is 72.5 Å². The Hall–Kier alpha value is -1.82. The summed E-state index contributed by atoms with van der Waals surface area (Å²) in [5.74, 6) is -0.833. The van der Waals surface area contributed by atoms with Gasteiger partial charge in [-0.2, -0.15) is 0 Å². The molecule has 20 heavy (non-hydrogen) atoms. The van der Waals surface area contributed by atoms with E-state index in [4.69, 9.17) is 4.74 Å². The molecule has 1 atom stereocenters. The van der Waals surface area contributed by atoms with Gasteiger partial charge in [-0.05, 0) is 11.6 Å². The highest BCUT2D eigenvalue weighted by Gasteiger charge is 2.29. The number of hydrogen-bond donors (Lipinski definition) is 1. The molecule has 1 N–H and O–H groups in total. The van der Waals surface area contributed by atoms with Gasteiger partial charge in [0.15, 0.2) is 5.12 Å². The number of anilines is 1. The summed E-state index contributed by atoms with van der Waals surface area (Å²) < 4.78 is 4.78. The minimum Gasteiger partial charge on any atom is -0.392 e. The van der Waals surface area contributed by atoms with Crippen LogP contribution in [0.5, 0.6) is 0 Å². The van der Waals surface area contributed by atoms with Crippen LogP contribution in [-0.2, 0) is 25.5 Å². The quantitative estimate of drug-likeness (QED) is 0.673. The summed E-state index contributed by atoms with van der Waals surface area (Å²) in [6, 6.07) is 7.08. The molecular weight excluding hydrogens is 278 g/mol. The Balaban J connectivity index is 1.79. The number of rotatable bonds is 4. The van der Waals surface area contributed by atoms with Crippen LogP contribution in [0, 0.1) is 0 Å². The third kappa shape index (κ3) is 3.84. The van der Waals surface area contributed by atoms with E-state index in [1.165, 1.54) is 6.92 Å². The second-order valence-electron chi connectivity index (χ2n) is 4.44. The van der Waals surface area contributed by atoms with Crippen LogP contribution in [0.2, 0.25) is 0 Å². The van der Waals surface area contributed by atoms with E-state index in [1.807, 2.05) is 24.3 Å². The van der Waals surface area contributed by atoms with Crippen LogP contribution in [0.3, 0.4) is 0 Å². The van der Waals surface area contributed by atoms with Gasteiger partial charge in [-0.1, -0.05) is 30.0 Å². The molecule has 1 heterocycles. The predicted octanol–water partition coefficient (Wildman–Crippen LogP) is 1.76. The van der Waals surface area contributed by atoms with Gasteiger partial charge in [0.1, 0.15) is 6.04 Å². The fraction of sp³-hybridized carbons (Fsp3) is 0.357. The predicted molar refractivity (Wildman–Crippen MR) is 76.4 cm³/mol. The minimum atomic E-state index is -0.596. The molecule has 2 rings (SSSR count). The lowest BCUT2D eigenvalue weighted by molar-refractivity contribution is -0.159. The van der Waals surface area contributed by atoms with Crippen molar-refractivity contribution in [2.75, 3.05) is 11.1 Å². The number of nitrogens with one attached hydrogen (secondary N) is 1. The van der Waals surface area contributed by atoms with E-state index in [2.05, 4.69) is 5.32 Å². The molecule has 0 saturated heterocycles. The van der Waals surface area contributed by atoms with E-state index in [1.54, 1.807) is 0 Å². The third-order valence-corrected chi connectivity index (χ3v) is 3.70. The van der Waals surface area contributed by atoms with Gasteiger partial charge in [0, 0.05) is 24.8 Å². The Morgan fingerprint density at radius 2 is 2.10 bits per heavy atom. The summed E-state index contributed by atoms with van der Waals surface area (Å²) in [6.07, 6.45) is 0.570. The first kappa shape index (κ1) is 14.6. The zero-order chi connectivity index (χ0) is 14.5. The molecule has 1 aliphatic rings. The van der Waals surface area contributed by atoms with Gasteiger partial charge < -0.3 is 10.1 Å². The van der Waals surface area contributed by atoms with Crippen molar-refractivity contribution in [1.82, 2.24) is 0 Å². The van der Waals surface area contributed by atoms with Gasteiger partial charge >= 0.3 is 11.9 Å². The van der Waals surface area contributed by atoms with Crippen LogP contribution in [0.4, 0.5) is 5.69 Å². The Labute approximate surface area is 121 Å². The summed E-state index contributed by atoms with van der Waals surface area (Å²) >= 11 is 1.04. The molecule has 1 aromatic rings. The Kier molecular flexibility index (Phi) is 4.79. The normalized spacial score (nSPS) is 16.1. The lowest BCUT2D eigenvalue weighted by atomic mass is 10.1. The summed E-state index contributed by atoms with van der Waals surface area (Å²) in [4.78, 5) is 34.0. The number of thioether (sulfide) groups is 1. The molecule has 0 bridgehead atoms. The SMILES string of the molecule is CC(=O)SCCC(=O)OC(=O)C1Cc2ccccc2N1. The smallest absolute Gasteiger partial charge is 0.336 e. The molecule has 0 radical (unpaired) electrons. The molecule has 1 aromatic carbocycles. The van der Waals surface area contributed by atoms with E-state index < -0.39 is 18.0 Å². The van der Waals surface area contributed by atoms with Crippen molar-refractivity contribution >= 4 is 34.5 Å². The third-order valence-electron chi connectivity index (χ3n) is 2.88. The fourth-order valence-corrected chi connectivity index (χ4v) is 2.51. The first-order valence-electron chi connectivity index (χ1n) is 6.28. The molecular formula is C14H15NO4S. The molecule has 0 aliphatic carbocycles. The first-order chi connectivity index (χ1) is 9.56. The molecule has 0 fully saturated rings. The van der Waals surface area contributed by atoms with E-state index in [9.17, 15) is 14.4 Å². The summed E-state index contributed by atoms with van der Waals surface area (Å²) in [5, 5.41) is 2.97. The molecule has 0 amide bonds. The highest BCUT2D eigenvalue weighted by Crippen LogP contribution is 2.25. The number of ether oxygens (including phenoxy) is 1. The van der Waals surface area contributed by atoms with Gasteiger partial charge in [0.2, 0.25) is 0 Å². The summed E-state index contributed by atoms with van der Waals surface area (Å²) in [6.45, 7) is 1.43. The molecule has 1 unspecified atom stereocenters. The highest BCUT2D eigenvalue weighted by atomic mass is 32.2. The summed E-state index contributed by atoms with van der Waals surface area (Å²) in [7, 11) is 0. The van der Waals surface area contributed by atoms with Crippen molar-refractivity contribution < 1.29 is 19.1 Å². The minimum absolute atomic E-state index is 0.0512. The maximum absolute atomic E-state index is 11.8. The van der Waals surface area contributed by atoms with Crippen LogP contribution in [0.25, 0.3) is 0 Å². The molecule has 1 aliphatic heterocycles. The van der Waals surface area contributed by atoms with Crippen molar-refractivity contribution in [3.05, 3.63) is 29.8 Å². The molecule has 106 valence electrons. The van der Waals surface area contributed by atoms with E-state index in [0.717, 1.165) is 23.0 Å². The lowest BCUT2D eigenvalue weighted by Crippen LogP contribution is -2.31. The average molecular weight is 293 g/mol. The second-order valence-corrected chi connectivity index (χ2v) is 5.71. The summed E-state index contributed by atoms with van der Waals surface area (Å²) in [5.41, 5.74) is 1.93. The molecule has 0 saturated carbocycles. The van der Waals surface area contributed by atoms with E-state index >= 15 is 0 Å². The van der Waals surface area contributed by atoms with Crippen molar-refractivity contribution in [3.63, 3.8) is 0 Å². The monoisotopic (exact) mass is 293 g/mol. The largest absolute Gasteiger partial charge is 0.392 e. The van der Waals surface area contributed by atoms with Crippen LogP contribution in [-0.4, -0.2) is 28.8 Å². The second kappa shape index (κ2) is 6.56. The zero-order valence-corrected chi connectivity index (χ0v) is 11.9. The Morgan fingerprint density at radius 3 is 2.80 bits per heavy atom. The van der Waals surface area contributed by atoms with E-state index in [-0.39, 0.29) is 11.5 Å². The molecule has 0 spiro atoms.